The van der Waals surface area contributed by atoms with Gasteiger partial charge in [-0.15, -0.1) is 6.42 Å². The zero-order valence-electron chi connectivity index (χ0n) is 10.0. The first-order chi connectivity index (χ1) is 7.74. The van der Waals surface area contributed by atoms with Gasteiger partial charge in [-0.05, 0) is 24.6 Å². The van der Waals surface area contributed by atoms with E-state index in [4.69, 9.17) is 11.5 Å². The summed E-state index contributed by atoms with van der Waals surface area (Å²) in [6.07, 6.45) is 3.96. The summed E-state index contributed by atoms with van der Waals surface area (Å²) >= 11 is 0. The van der Waals surface area contributed by atoms with Gasteiger partial charge in [-0.3, -0.25) is 0 Å². The van der Waals surface area contributed by atoms with Gasteiger partial charge >= 0.3 is 64.3 Å². The number of rotatable bonds is 3. The van der Waals surface area contributed by atoms with Crippen LogP contribution in [0.5, 0.6) is 0 Å². The molecule has 0 radical (unpaired) electrons. The largest absolute Gasteiger partial charge is 1.00 e. The summed E-state index contributed by atoms with van der Waals surface area (Å²) in [5.74, 6) is 0.870. The Kier molecular flexibility index (Phi) is 6.68. The van der Waals surface area contributed by atoms with E-state index < -0.39 is 19.3 Å². The molecule has 1 rings (SSSR count). The molecular weight excluding hydrogens is 271 g/mol. The van der Waals surface area contributed by atoms with E-state index in [0.717, 1.165) is 0 Å². The fourth-order valence-electron chi connectivity index (χ4n) is 1.54. The molecule has 0 heterocycles. The second kappa shape index (κ2) is 6.78. The number of carboxylic acids is 1. The maximum absolute atomic E-state index is 12.4. The van der Waals surface area contributed by atoms with Gasteiger partial charge in [-0.1, -0.05) is 17.8 Å². The summed E-state index contributed by atoms with van der Waals surface area (Å²) in [7, 11) is 0. The first-order valence-corrected chi connectivity index (χ1v) is 4.79. The molecule has 2 nitrogen and oxygen atoms in total. The molecule has 1 N–H and O–H groups in total. The van der Waals surface area contributed by atoms with E-state index in [1.54, 1.807) is 0 Å². The Hall–Kier alpha value is -0.259. The van der Waals surface area contributed by atoms with E-state index in [1.165, 1.54) is 19.1 Å². The Labute approximate surface area is 145 Å². The van der Waals surface area contributed by atoms with Crippen LogP contribution in [0.3, 0.4) is 0 Å². The molecular formula is C11H9BF3KO2. The third kappa shape index (κ3) is 4.78. The van der Waals surface area contributed by atoms with Crippen LogP contribution in [0.15, 0.2) is 12.1 Å². The van der Waals surface area contributed by atoms with Gasteiger partial charge in [0, 0.05) is 5.56 Å². The van der Waals surface area contributed by atoms with Crippen molar-refractivity contribution in [3.8, 4) is 12.3 Å². The SMILES string of the molecule is C#Cc1cc(C[B-](F)(F)F)c(C)c(C(=O)O)c1.[K+]. The number of carbonyl (C=O) groups is 1. The zero-order chi connectivity index (χ0) is 13.2. The van der Waals surface area contributed by atoms with Crippen molar-refractivity contribution in [2.75, 3.05) is 0 Å². The fraction of sp³-hybridized carbons (Fsp3) is 0.182. The molecule has 7 heteroatoms. The topological polar surface area (TPSA) is 37.3 Å². The average Bonchev–Trinajstić information content (AvgIpc) is 2.18. The molecule has 0 aromatic heterocycles. The predicted molar refractivity (Wildman–Crippen MR) is 58.9 cm³/mol. The van der Waals surface area contributed by atoms with Gasteiger partial charge in [-0.25, -0.2) is 4.79 Å². The molecule has 1 aromatic rings. The van der Waals surface area contributed by atoms with Crippen molar-refractivity contribution in [2.24, 2.45) is 0 Å². The summed E-state index contributed by atoms with van der Waals surface area (Å²) in [5, 5.41) is 8.86. The minimum absolute atomic E-state index is 0. The Morgan fingerprint density at radius 1 is 1.44 bits per heavy atom. The van der Waals surface area contributed by atoms with Gasteiger partial charge in [-0.2, -0.15) is 0 Å². The van der Waals surface area contributed by atoms with Gasteiger partial charge in [0.1, 0.15) is 0 Å². The normalized spacial score (nSPS) is 10.4. The smallest absolute Gasteiger partial charge is 0.478 e. The van der Waals surface area contributed by atoms with E-state index in [9.17, 15) is 17.7 Å². The molecule has 0 aliphatic heterocycles. The minimum Gasteiger partial charge on any atom is -0.478 e. The number of carboxylic acid groups (broad SMARTS) is 1. The van der Waals surface area contributed by atoms with Crippen LogP contribution in [0, 0.1) is 19.3 Å². The summed E-state index contributed by atoms with van der Waals surface area (Å²) in [5.41, 5.74) is -0.0143. The van der Waals surface area contributed by atoms with Crippen LogP contribution in [0.1, 0.15) is 27.0 Å². The molecule has 1 aromatic carbocycles. The second-order valence-corrected chi connectivity index (χ2v) is 3.67. The molecule has 0 aliphatic rings. The van der Waals surface area contributed by atoms with Crippen molar-refractivity contribution in [2.45, 2.75) is 13.2 Å². The predicted octanol–water partition coefficient (Wildman–Crippen LogP) is -0.392. The van der Waals surface area contributed by atoms with Gasteiger partial charge < -0.3 is 18.1 Å². The quantitative estimate of drug-likeness (QED) is 0.605. The van der Waals surface area contributed by atoms with Crippen LogP contribution in [0.2, 0.25) is 0 Å². The molecule has 90 valence electrons. The molecule has 18 heavy (non-hydrogen) atoms. The average molecular weight is 280 g/mol. The molecule has 0 amide bonds. The van der Waals surface area contributed by atoms with E-state index in [2.05, 4.69) is 5.92 Å². The maximum atomic E-state index is 12.4. The van der Waals surface area contributed by atoms with Crippen LogP contribution >= 0.6 is 0 Å². The first-order valence-electron chi connectivity index (χ1n) is 4.79. The fourth-order valence-corrected chi connectivity index (χ4v) is 1.54. The van der Waals surface area contributed by atoms with Gasteiger partial charge in [0.05, 0.1) is 5.56 Å². The standard InChI is InChI=1S/C11H9BF3O2.K/c1-3-8-4-9(6-12(13,14)15)7(2)10(5-8)11(16)17;/h1,4-5H,6H2,2H3,(H,16,17);/q-1;+1. The van der Waals surface area contributed by atoms with Crippen LogP contribution in [-0.4, -0.2) is 18.1 Å². The Balaban J connectivity index is 0.00000289. The number of benzene rings is 1. The van der Waals surface area contributed by atoms with Crippen molar-refractivity contribution in [3.63, 3.8) is 0 Å². The second-order valence-electron chi connectivity index (χ2n) is 3.67. The maximum Gasteiger partial charge on any atom is 1.00 e. The van der Waals surface area contributed by atoms with Crippen molar-refractivity contribution in [3.05, 3.63) is 34.4 Å². The summed E-state index contributed by atoms with van der Waals surface area (Å²) in [6, 6.07) is 2.40. The van der Waals surface area contributed by atoms with Crippen LogP contribution in [0.25, 0.3) is 0 Å². The van der Waals surface area contributed by atoms with Crippen molar-refractivity contribution in [1.82, 2.24) is 0 Å². The molecule has 0 bridgehead atoms. The number of terminal acetylenes is 1. The third-order valence-corrected chi connectivity index (χ3v) is 2.36. The molecule has 0 spiro atoms. The van der Waals surface area contributed by atoms with Crippen LogP contribution < -0.4 is 51.4 Å². The molecule has 0 saturated heterocycles. The van der Waals surface area contributed by atoms with Gasteiger partial charge in [0.15, 0.2) is 0 Å². The van der Waals surface area contributed by atoms with E-state index in [1.807, 2.05) is 0 Å². The molecule has 0 saturated carbocycles. The van der Waals surface area contributed by atoms with E-state index in [0.29, 0.717) is 0 Å². The van der Waals surface area contributed by atoms with Crippen molar-refractivity contribution in [1.29, 1.82) is 0 Å². The Morgan fingerprint density at radius 2 is 2.00 bits per heavy atom. The number of aromatic carboxylic acids is 1. The Bertz CT molecular complexity index is 506. The molecule has 0 fully saturated rings. The number of halogens is 3. The van der Waals surface area contributed by atoms with Crippen molar-refractivity contribution < 1.29 is 74.2 Å². The van der Waals surface area contributed by atoms with E-state index in [-0.39, 0.29) is 73.6 Å². The first kappa shape index (κ1) is 17.7. The van der Waals surface area contributed by atoms with Gasteiger partial charge in [0.2, 0.25) is 0 Å². The summed E-state index contributed by atoms with van der Waals surface area (Å²) < 4.78 is 37.1. The van der Waals surface area contributed by atoms with Gasteiger partial charge in [0.25, 0.3) is 0 Å². The molecule has 0 aliphatic carbocycles. The third-order valence-electron chi connectivity index (χ3n) is 2.36. The molecule has 0 atom stereocenters. The summed E-state index contributed by atoms with van der Waals surface area (Å²) in [6.45, 7) is -3.67. The monoisotopic (exact) mass is 280 g/mol. The number of hydrogen-bond acceptors (Lipinski definition) is 1. The minimum atomic E-state index is -5.02. The van der Waals surface area contributed by atoms with Crippen LogP contribution in [-0.2, 0) is 6.32 Å². The number of hydrogen-bond donors (Lipinski definition) is 1. The zero-order valence-corrected chi connectivity index (χ0v) is 13.1. The Morgan fingerprint density at radius 3 is 2.39 bits per heavy atom. The molecule has 0 unspecified atom stereocenters. The van der Waals surface area contributed by atoms with Crippen molar-refractivity contribution >= 4 is 12.9 Å². The summed E-state index contributed by atoms with van der Waals surface area (Å²) in [4.78, 5) is 10.9. The van der Waals surface area contributed by atoms with Crippen LogP contribution in [0.4, 0.5) is 12.9 Å². The van der Waals surface area contributed by atoms with E-state index >= 15 is 0 Å².